The molecule has 0 aromatic heterocycles. The lowest BCUT2D eigenvalue weighted by Crippen LogP contribution is -2.56. The fourth-order valence-electron chi connectivity index (χ4n) is 4.61. The van der Waals surface area contributed by atoms with Crippen LogP contribution in [0.3, 0.4) is 0 Å². The Morgan fingerprint density at radius 1 is 1.06 bits per heavy atom. The monoisotopic (exact) mass is 448 g/mol. The van der Waals surface area contributed by atoms with E-state index in [1.807, 2.05) is 30.3 Å². The van der Waals surface area contributed by atoms with Gasteiger partial charge in [0.05, 0.1) is 0 Å². The molecule has 1 atom stereocenters. The van der Waals surface area contributed by atoms with Crippen LogP contribution in [0.2, 0.25) is 0 Å². The van der Waals surface area contributed by atoms with Crippen molar-refractivity contribution in [1.29, 1.82) is 0 Å². The van der Waals surface area contributed by atoms with Crippen molar-refractivity contribution in [2.45, 2.75) is 38.4 Å². The SMILES string of the molecule is CN(CCCNC(=O)c1ccc(CN2CC(=O)N3CCC[C@H]3C2=O)cc1)Cc1ccccc1. The molecule has 7 heteroatoms. The number of piperazine rings is 1. The molecule has 0 aliphatic carbocycles. The lowest BCUT2D eigenvalue weighted by molar-refractivity contribution is -0.154. The second kappa shape index (κ2) is 10.6. The zero-order chi connectivity index (χ0) is 23.2. The molecule has 4 rings (SSSR count). The van der Waals surface area contributed by atoms with E-state index in [1.54, 1.807) is 21.9 Å². The van der Waals surface area contributed by atoms with Crippen molar-refractivity contribution in [2.75, 3.05) is 33.2 Å². The summed E-state index contributed by atoms with van der Waals surface area (Å²) >= 11 is 0. The van der Waals surface area contributed by atoms with Gasteiger partial charge in [0, 0.05) is 31.7 Å². The van der Waals surface area contributed by atoms with E-state index in [1.165, 1.54) is 5.56 Å². The summed E-state index contributed by atoms with van der Waals surface area (Å²) < 4.78 is 0. The molecule has 0 saturated carbocycles. The van der Waals surface area contributed by atoms with Gasteiger partial charge < -0.3 is 20.0 Å². The predicted molar refractivity (Wildman–Crippen MR) is 126 cm³/mol. The molecular formula is C26H32N4O3. The highest BCUT2D eigenvalue weighted by Gasteiger charge is 2.41. The number of fused-ring (bicyclic) bond motifs is 1. The Kier molecular flexibility index (Phi) is 7.40. The number of nitrogens with one attached hydrogen (secondary N) is 1. The molecule has 0 spiro atoms. The van der Waals surface area contributed by atoms with Gasteiger partial charge in [0.15, 0.2) is 0 Å². The minimum absolute atomic E-state index is 0.0301. The second-order valence-electron chi connectivity index (χ2n) is 8.97. The third-order valence-electron chi connectivity index (χ3n) is 6.38. The van der Waals surface area contributed by atoms with Gasteiger partial charge in [-0.3, -0.25) is 14.4 Å². The van der Waals surface area contributed by atoms with E-state index in [9.17, 15) is 14.4 Å². The summed E-state index contributed by atoms with van der Waals surface area (Å²) in [6.07, 6.45) is 2.52. The standard InChI is InChI=1S/C26H32N4O3/c1-28(17-20-7-3-2-4-8-20)15-6-14-27-25(32)22-12-10-21(11-13-22)18-29-19-24(31)30-16-5-9-23(30)26(29)33/h2-4,7-8,10-13,23H,5-6,9,14-19H2,1H3,(H,27,32)/t23-/m0/s1. The molecule has 0 unspecified atom stereocenters. The lowest BCUT2D eigenvalue weighted by atomic mass is 10.1. The van der Waals surface area contributed by atoms with Gasteiger partial charge in [-0.1, -0.05) is 42.5 Å². The van der Waals surface area contributed by atoms with Gasteiger partial charge in [-0.15, -0.1) is 0 Å². The summed E-state index contributed by atoms with van der Waals surface area (Å²) in [5, 5.41) is 2.98. The van der Waals surface area contributed by atoms with Crippen LogP contribution in [-0.2, 0) is 22.7 Å². The van der Waals surface area contributed by atoms with Crippen LogP contribution in [0.1, 0.15) is 40.7 Å². The maximum absolute atomic E-state index is 12.7. The summed E-state index contributed by atoms with van der Waals surface area (Å²) in [6.45, 7) is 3.62. The number of hydrogen-bond donors (Lipinski definition) is 1. The molecule has 2 aliphatic heterocycles. The van der Waals surface area contributed by atoms with E-state index in [4.69, 9.17) is 0 Å². The molecule has 2 fully saturated rings. The maximum atomic E-state index is 12.7. The first-order chi connectivity index (χ1) is 16.0. The van der Waals surface area contributed by atoms with Gasteiger partial charge in [0.2, 0.25) is 11.8 Å². The predicted octanol–water partition coefficient (Wildman–Crippen LogP) is 2.27. The van der Waals surface area contributed by atoms with Gasteiger partial charge in [-0.25, -0.2) is 0 Å². The Morgan fingerprint density at radius 3 is 2.58 bits per heavy atom. The highest BCUT2D eigenvalue weighted by atomic mass is 16.2. The number of benzene rings is 2. The summed E-state index contributed by atoms with van der Waals surface area (Å²) in [5.74, 6) is -0.0354. The first kappa shape index (κ1) is 23.0. The minimum atomic E-state index is -0.289. The molecule has 2 saturated heterocycles. The molecule has 33 heavy (non-hydrogen) atoms. The Bertz CT molecular complexity index is 977. The van der Waals surface area contributed by atoms with Gasteiger partial charge in [0.25, 0.3) is 5.91 Å². The van der Waals surface area contributed by atoms with Crippen molar-refractivity contribution in [2.24, 2.45) is 0 Å². The molecule has 174 valence electrons. The van der Waals surface area contributed by atoms with Crippen molar-refractivity contribution >= 4 is 17.7 Å². The normalized spacial score (nSPS) is 18.1. The van der Waals surface area contributed by atoms with Crippen LogP contribution in [-0.4, -0.2) is 71.7 Å². The Labute approximate surface area is 195 Å². The van der Waals surface area contributed by atoms with Crippen molar-refractivity contribution in [1.82, 2.24) is 20.0 Å². The number of hydrogen-bond acceptors (Lipinski definition) is 4. The molecule has 2 heterocycles. The minimum Gasteiger partial charge on any atom is -0.352 e. The van der Waals surface area contributed by atoms with Crippen molar-refractivity contribution in [3.05, 3.63) is 71.3 Å². The number of amides is 3. The molecule has 2 aromatic carbocycles. The zero-order valence-corrected chi connectivity index (χ0v) is 19.2. The van der Waals surface area contributed by atoms with Gasteiger partial charge in [0.1, 0.15) is 12.6 Å². The Morgan fingerprint density at radius 2 is 1.82 bits per heavy atom. The number of rotatable bonds is 9. The molecule has 2 aliphatic rings. The quantitative estimate of drug-likeness (QED) is 0.598. The third kappa shape index (κ3) is 5.79. The summed E-state index contributed by atoms with van der Waals surface area (Å²) in [7, 11) is 2.08. The summed E-state index contributed by atoms with van der Waals surface area (Å²) in [6, 6.07) is 17.3. The van der Waals surface area contributed by atoms with E-state index >= 15 is 0 Å². The number of carbonyl (C=O) groups excluding carboxylic acids is 3. The van der Waals surface area contributed by atoms with Gasteiger partial charge in [-0.05, 0) is 56.1 Å². The molecule has 0 bridgehead atoms. The smallest absolute Gasteiger partial charge is 0.251 e. The lowest BCUT2D eigenvalue weighted by Gasteiger charge is -2.36. The van der Waals surface area contributed by atoms with Crippen LogP contribution in [0, 0.1) is 0 Å². The highest BCUT2D eigenvalue weighted by Crippen LogP contribution is 2.24. The molecule has 0 radical (unpaired) electrons. The fourth-order valence-corrected chi connectivity index (χ4v) is 4.61. The van der Waals surface area contributed by atoms with Gasteiger partial charge in [-0.2, -0.15) is 0 Å². The van der Waals surface area contributed by atoms with Crippen LogP contribution in [0.25, 0.3) is 0 Å². The molecule has 1 N–H and O–H groups in total. The Hall–Kier alpha value is -3.19. The van der Waals surface area contributed by atoms with Crippen LogP contribution in [0.4, 0.5) is 0 Å². The number of carbonyl (C=O) groups is 3. The second-order valence-corrected chi connectivity index (χ2v) is 8.97. The largest absolute Gasteiger partial charge is 0.352 e. The van der Waals surface area contributed by atoms with Crippen LogP contribution < -0.4 is 5.32 Å². The van der Waals surface area contributed by atoms with Crippen LogP contribution >= 0.6 is 0 Å². The van der Waals surface area contributed by atoms with E-state index < -0.39 is 0 Å². The van der Waals surface area contributed by atoms with Gasteiger partial charge >= 0.3 is 0 Å². The van der Waals surface area contributed by atoms with E-state index in [0.717, 1.165) is 37.9 Å². The third-order valence-corrected chi connectivity index (χ3v) is 6.38. The maximum Gasteiger partial charge on any atom is 0.251 e. The average Bonchev–Trinajstić information content (AvgIpc) is 3.32. The summed E-state index contributed by atoms with van der Waals surface area (Å²) in [5.41, 5.74) is 2.79. The fraction of sp³-hybridized carbons (Fsp3) is 0.423. The summed E-state index contributed by atoms with van der Waals surface area (Å²) in [4.78, 5) is 43.0. The van der Waals surface area contributed by atoms with E-state index in [0.29, 0.717) is 25.2 Å². The first-order valence-corrected chi connectivity index (χ1v) is 11.7. The van der Waals surface area contributed by atoms with E-state index in [-0.39, 0.29) is 30.3 Å². The molecule has 7 nitrogen and oxygen atoms in total. The molecular weight excluding hydrogens is 416 g/mol. The van der Waals surface area contributed by atoms with Crippen molar-refractivity contribution in [3.8, 4) is 0 Å². The van der Waals surface area contributed by atoms with Crippen molar-refractivity contribution < 1.29 is 14.4 Å². The van der Waals surface area contributed by atoms with Crippen LogP contribution in [0.5, 0.6) is 0 Å². The Balaban J connectivity index is 1.20. The first-order valence-electron chi connectivity index (χ1n) is 11.7. The van der Waals surface area contributed by atoms with E-state index in [2.05, 4.69) is 29.4 Å². The highest BCUT2D eigenvalue weighted by molar-refractivity contribution is 5.95. The zero-order valence-electron chi connectivity index (χ0n) is 19.2. The average molecular weight is 449 g/mol. The topological polar surface area (TPSA) is 73.0 Å². The van der Waals surface area contributed by atoms with Crippen LogP contribution in [0.15, 0.2) is 54.6 Å². The molecule has 3 amide bonds. The number of nitrogens with zero attached hydrogens (tertiary/aromatic N) is 3. The van der Waals surface area contributed by atoms with Crippen molar-refractivity contribution in [3.63, 3.8) is 0 Å². The molecule has 2 aromatic rings.